The molecule has 0 aliphatic heterocycles. The van der Waals surface area contributed by atoms with Gasteiger partial charge in [-0.05, 0) is 44.9 Å². The summed E-state index contributed by atoms with van der Waals surface area (Å²) in [7, 11) is 2.07. The quantitative estimate of drug-likeness (QED) is 0.889. The van der Waals surface area contributed by atoms with Crippen molar-refractivity contribution in [1.29, 1.82) is 0 Å². The molecule has 0 unspecified atom stereocenters. The Balaban J connectivity index is 2.05. The van der Waals surface area contributed by atoms with Gasteiger partial charge in [0.1, 0.15) is 0 Å². The monoisotopic (exact) mass is 303 g/mol. The number of rotatable bonds is 5. The van der Waals surface area contributed by atoms with Crippen LogP contribution in [-0.2, 0) is 13.0 Å². The largest absolute Gasteiger partial charge is 0.321 e. The van der Waals surface area contributed by atoms with E-state index in [4.69, 9.17) is 4.98 Å². The second-order valence-electron chi connectivity index (χ2n) is 6.30. The lowest BCUT2D eigenvalue weighted by Gasteiger charge is -2.19. The van der Waals surface area contributed by atoms with Crippen molar-refractivity contribution in [3.63, 3.8) is 0 Å². The van der Waals surface area contributed by atoms with Gasteiger partial charge in [0.15, 0.2) is 5.13 Å². The number of hydrogen-bond acceptors (Lipinski definition) is 4. The zero-order valence-corrected chi connectivity index (χ0v) is 14.4. The molecule has 4 heteroatoms. The van der Waals surface area contributed by atoms with Crippen molar-refractivity contribution in [3.05, 3.63) is 40.9 Å². The van der Waals surface area contributed by atoms with Crippen molar-refractivity contribution in [3.8, 4) is 0 Å². The highest BCUT2D eigenvalue weighted by Gasteiger charge is 2.12. The van der Waals surface area contributed by atoms with Crippen LogP contribution in [0.2, 0.25) is 0 Å². The van der Waals surface area contributed by atoms with Crippen molar-refractivity contribution in [2.75, 3.05) is 11.9 Å². The van der Waals surface area contributed by atoms with Crippen LogP contribution in [0.15, 0.2) is 29.6 Å². The molecule has 0 spiro atoms. The lowest BCUT2D eigenvalue weighted by molar-refractivity contribution is 0.422. The molecule has 1 N–H and O–H groups in total. The molecule has 21 heavy (non-hydrogen) atoms. The smallest absolute Gasteiger partial charge is 0.189 e. The minimum Gasteiger partial charge on any atom is -0.321 e. The SMILES string of the molecule is CCc1ccc(N(C)c2nc(CNC(C)(C)C)cs2)cc1. The number of aromatic nitrogens is 1. The summed E-state index contributed by atoms with van der Waals surface area (Å²) in [5.74, 6) is 0. The first-order valence-electron chi connectivity index (χ1n) is 7.41. The molecule has 1 aromatic heterocycles. The van der Waals surface area contributed by atoms with Gasteiger partial charge in [0.2, 0.25) is 0 Å². The van der Waals surface area contributed by atoms with E-state index < -0.39 is 0 Å². The Morgan fingerprint density at radius 3 is 2.43 bits per heavy atom. The molecular weight excluding hydrogens is 278 g/mol. The van der Waals surface area contributed by atoms with Crippen molar-refractivity contribution in [2.45, 2.75) is 46.2 Å². The normalized spacial score (nSPS) is 11.7. The van der Waals surface area contributed by atoms with Crippen LogP contribution in [0.3, 0.4) is 0 Å². The zero-order valence-electron chi connectivity index (χ0n) is 13.6. The van der Waals surface area contributed by atoms with E-state index in [9.17, 15) is 0 Å². The Kier molecular flexibility index (Phi) is 5.01. The van der Waals surface area contributed by atoms with Crippen LogP contribution in [0.1, 0.15) is 39.0 Å². The number of aryl methyl sites for hydroxylation is 1. The van der Waals surface area contributed by atoms with Gasteiger partial charge in [-0.15, -0.1) is 11.3 Å². The molecule has 0 aliphatic carbocycles. The molecule has 2 aromatic rings. The molecule has 0 atom stereocenters. The summed E-state index contributed by atoms with van der Waals surface area (Å²) in [5, 5.41) is 6.63. The summed E-state index contributed by atoms with van der Waals surface area (Å²) < 4.78 is 0. The zero-order chi connectivity index (χ0) is 15.5. The molecule has 0 fully saturated rings. The maximum Gasteiger partial charge on any atom is 0.189 e. The van der Waals surface area contributed by atoms with E-state index >= 15 is 0 Å². The van der Waals surface area contributed by atoms with Crippen LogP contribution in [0, 0.1) is 0 Å². The number of benzene rings is 1. The first-order chi connectivity index (χ1) is 9.89. The molecule has 1 heterocycles. The van der Waals surface area contributed by atoms with E-state index in [1.54, 1.807) is 11.3 Å². The van der Waals surface area contributed by atoms with E-state index in [2.05, 4.69) is 74.6 Å². The Morgan fingerprint density at radius 1 is 1.19 bits per heavy atom. The third kappa shape index (κ3) is 4.55. The molecular formula is C17H25N3S. The molecule has 0 bridgehead atoms. The highest BCUT2D eigenvalue weighted by Crippen LogP contribution is 2.27. The van der Waals surface area contributed by atoms with Crippen molar-refractivity contribution >= 4 is 22.2 Å². The molecule has 0 amide bonds. The van der Waals surface area contributed by atoms with Crippen molar-refractivity contribution in [1.82, 2.24) is 10.3 Å². The predicted octanol–water partition coefficient (Wildman–Crippen LogP) is 4.36. The lowest BCUT2D eigenvalue weighted by atomic mass is 10.1. The highest BCUT2D eigenvalue weighted by molar-refractivity contribution is 7.13. The molecule has 1 aromatic carbocycles. The molecule has 0 saturated heterocycles. The van der Waals surface area contributed by atoms with E-state index in [1.165, 1.54) is 11.3 Å². The number of thiazole rings is 1. The van der Waals surface area contributed by atoms with Crippen molar-refractivity contribution < 1.29 is 0 Å². The highest BCUT2D eigenvalue weighted by atomic mass is 32.1. The summed E-state index contributed by atoms with van der Waals surface area (Å²) >= 11 is 1.69. The van der Waals surface area contributed by atoms with Gasteiger partial charge in [-0.2, -0.15) is 0 Å². The maximum atomic E-state index is 4.71. The second-order valence-corrected chi connectivity index (χ2v) is 7.14. The maximum absolute atomic E-state index is 4.71. The molecule has 0 radical (unpaired) electrons. The fourth-order valence-corrected chi connectivity index (χ4v) is 2.76. The van der Waals surface area contributed by atoms with Crippen LogP contribution in [0.4, 0.5) is 10.8 Å². The number of nitrogens with one attached hydrogen (secondary N) is 1. The topological polar surface area (TPSA) is 28.2 Å². The van der Waals surface area contributed by atoms with Gasteiger partial charge in [-0.1, -0.05) is 19.1 Å². The van der Waals surface area contributed by atoms with Gasteiger partial charge >= 0.3 is 0 Å². The average Bonchev–Trinajstić information content (AvgIpc) is 2.93. The van der Waals surface area contributed by atoms with Crippen LogP contribution in [0.5, 0.6) is 0 Å². The summed E-state index contributed by atoms with van der Waals surface area (Å²) in [6, 6.07) is 8.68. The second kappa shape index (κ2) is 6.58. The summed E-state index contributed by atoms with van der Waals surface area (Å²) in [4.78, 5) is 6.86. The minimum absolute atomic E-state index is 0.117. The molecule has 3 nitrogen and oxygen atoms in total. The molecule has 2 rings (SSSR count). The van der Waals surface area contributed by atoms with E-state index in [0.29, 0.717) is 0 Å². The summed E-state index contributed by atoms with van der Waals surface area (Å²) in [6.07, 6.45) is 1.07. The van der Waals surface area contributed by atoms with E-state index in [0.717, 1.165) is 23.8 Å². The summed E-state index contributed by atoms with van der Waals surface area (Å²) in [5.41, 5.74) is 3.76. The minimum atomic E-state index is 0.117. The standard InChI is InChI=1S/C17H25N3S/c1-6-13-7-9-15(10-8-13)20(5)16-19-14(12-21-16)11-18-17(2,3)4/h7-10,12,18H,6,11H2,1-5H3. The van der Waals surface area contributed by atoms with Gasteiger partial charge in [0, 0.05) is 30.2 Å². The molecule has 0 aliphatic rings. The Bertz CT molecular complexity index is 566. The molecule has 114 valence electrons. The average molecular weight is 303 g/mol. The summed E-state index contributed by atoms with van der Waals surface area (Å²) in [6.45, 7) is 9.49. The number of hydrogen-bond donors (Lipinski definition) is 1. The predicted molar refractivity (Wildman–Crippen MR) is 92.6 cm³/mol. The van der Waals surface area contributed by atoms with E-state index in [1.807, 2.05) is 0 Å². The van der Waals surface area contributed by atoms with E-state index in [-0.39, 0.29) is 5.54 Å². The van der Waals surface area contributed by atoms with Crippen LogP contribution >= 0.6 is 11.3 Å². The van der Waals surface area contributed by atoms with Gasteiger partial charge < -0.3 is 10.2 Å². The molecule has 0 saturated carbocycles. The van der Waals surface area contributed by atoms with Gasteiger partial charge in [-0.25, -0.2) is 4.98 Å². The third-order valence-electron chi connectivity index (χ3n) is 3.36. The van der Waals surface area contributed by atoms with Crippen LogP contribution < -0.4 is 10.2 Å². The number of anilines is 2. The Hall–Kier alpha value is -1.39. The van der Waals surface area contributed by atoms with Gasteiger partial charge in [0.25, 0.3) is 0 Å². The fraction of sp³-hybridized carbons (Fsp3) is 0.471. The third-order valence-corrected chi connectivity index (χ3v) is 4.32. The van der Waals surface area contributed by atoms with Crippen LogP contribution in [0.25, 0.3) is 0 Å². The van der Waals surface area contributed by atoms with Crippen LogP contribution in [-0.4, -0.2) is 17.6 Å². The first kappa shape index (κ1) is 16.0. The Morgan fingerprint density at radius 2 is 1.86 bits per heavy atom. The first-order valence-corrected chi connectivity index (χ1v) is 8.29. The Labute approximate surface area is 132 Å². The van der Waals surface area contributed by atoms with Gasteiger partial charge in [0.05, 0.1) is 5.69 Å². The van der Waals surface area contributed by atoms with Crippen molar-refractivity contribution in [2.24, 2.45) is 0 Å². The lowest BCUT2D eigenvalue weighted by Crippen LogP contribution is -2.35. The fourth-order valence-electron chi connectivity index (χ4n) is 1.95. The van der Waals surface area contributed by atoms with Gasteiger partial charge in [-0.3, -0.25) is 0 Å². The number of nitrogens with zero attached hydrogens (tertiary/aromatic N) is 2.